The first-order valence-electron chi connectivity index (χ1n) is 5.40. The first-order chi connectivity index (χ1) is 9.39. The summed E-state index contributed by atoms with van der Waals surface area (Å²) < 4.78 is 26.9. The monoisotopic (exact) mass is 315 g/mol. The minimum absolute atomic E-state index is 0.155. The number of anilines is 1. The molecule has 2 aromatic rings. The predicted molar refractivity (Wildman–Crippen MR) is 73.6 cm³/mol. The summed E-state index contributed by atoms with van der Waals surface area (Å²) in [6.45, 7) is 0. The van der Waals surface area contributed by atoms with Crippen molar-refractivity contribution in [3.63, 3.8) is 0 Å². The van der Waals surface area contributed by atoms with Crippen molar-refractivity contribution in [3.8, 4) is 5.69 Å². The predicted octanol–water partition coefficient (Wildman–Crippen LogP) is 1.35. The molecule has 2 rings (SSSR count). The number of carboxylic acids is 1. The van der Waals surface area contributed by atoms with Crippen molar-refractivity contribution in [2.24, 2.45) is 0 Å². The molecule has 20 heavy (non-hydrogen) atoms. The van der Waals surface area contributed by atoms with Gasteiger partial charge in [0.25, 0.3) is 0 Å². The Balaban J connectivity index is 2.43. The maximum atomic E-state index is 11.7. The van der Waals surface area contributed by atoms with Gasteiger partial charge in [-0.05, 0) is 18.2 Å². The molecule has 1 aromatic heterocycles. The fourth-order valence-electron chi connectivity index (χ4n) is 1.60. The lowest BCUT2D eigenvalue weighted by Crippen LogP contribution is -2.23. The quantitative estimate of drug-likeness (QED) is 0.867. The van der Waals surface area contributed by atoms with Crippen molar-refractivity contribution in [1.82, 2.24) is 9.78 Å². The number of aromatic nitrogens is 2. The molecule has 0 saturated heterocycles. The number of hydrogen-bond acceptors (Lipinski definition) is 4. The Morgan fingerprint density at radius 2 is 2.15 bits per heavy atom. The number of sulfonamides is 1. The molecule has 0 aliphatic heterocycles. The van der Waals surface area contributed by atoms with Crippen molar-refractivity contribution in [2.75, 3.05) is 10.5 Å². The molecule has 0 bridgehead atoms. The van der Waals surface area contributed by atoms with Crippen LogP contribution in [0.25, 0.3) is 5.69 Å². The molecular weight excluding hydrogens is 306 g/mol. The summed E-state index contributed by atoms with van der Waals surface area (Å²) in [5, 5.41) is 12.8. The number of nitrogens with one attached hydrogen (secondary N) is 1. The minimum atomic E-state index is -4.01. The number of rotatable bonds is 5. The highest BCUT2D eigenvalue weighted by molar-refractivity contribution is 7.93. The Morgan fingerprint density at radius 1 is 1.40 bits per heavy atom. The molecule has 0 fully saturated rings. The van der Waals surface area contributed by atoms with Crippen LogP contribution in [0.1, 0.15) is 0 Å². The number of aliphatic carboxylic acids is 1. The third-order valence-corrected chi connectivity index (χ3v) is 3.76. The van der Waals surface area contributed by atoms with Gasteiger partial charge in [0.1, 0.15) is 5.69 Å². The van der Waals surface area contributed by atoms with Gasteiger partial charge < -0.3 is 5.11 Å². The molecule has 0 spiro atoms. The molecule has 2 N–H and O–H groups in total. The van der Waals surface area contributed by atoms with E-state index in [0.717, 1.165) is 0 Å². The van der Waals surface area contributed by atoms with Gasteiger partial charge in [-0.2, -0.15) is 5.10 Å². The Bertz CT molecular complexity index is 728. The molecule has 1 heterocycles. The topological polar surface area (TPSA) is 101 Å². The van der Waals surface area contributed by atoms with Gasteiger partial charge >= 0.3 is 5.97 Å². The molecule has 7 nitrogen and oxygen atoms in total. The van der Waals surface area contributed by atoms with Crippen molar-refractivity contribution in [3.05, 3.63) is 41.7 Å². The highest BCUT2D eigenvalue weighted by Gasteiger charge is 2.19. The smallest absolute Gasteiger partial charge is 0.320 e. The van der Waals surface area contributed by atoms with E-state index in [1.54, 1.807) is 24.4 Å². The second-order valence-corrected chi connectivity index (χ2v) is 5.97. The van der Waals surface area contributed by atoms with Crippen LogP contribution in [0.5, 0.6) is 0 Å². The summed E-state index contributed by atoms with van der Waals surface area (Å²) in [7, 11) is -4.01. The largest absolute Gasteiger partial charge is 0.480 e. The average molecular weight is 316 g/mol. The first kappa shape index (κ1) is 14.4. The van der Waals surface area contributed by atoms with Crippen molar-refractivity contribution in [1.29, 1.82) is 0 Å². The van der Waals surface area contributed by atoms with Crippen LogP contribution in [0.3, 0.4) is 0 Å². The third-order valence-electron chi connectivity index (χ3n) is 2.30. The maximum Gasteiger partial charge on any atom is 0.320 e. The summed E-state index contributed by atoms with van der Waals surface area (Å²) >= 11 is 6.04. The van der Waals surface area contributed by atoms with Crippen LogP contribution in [-0.4, -0.2) is 35.0 Å². The van der Waals surface area contributed by atoms with E-state index in [0.29, 0.717) is 5.69 Å². The van der Waals surface area contributed by atoms with E-state index >= 15 is 0 Å². The minimum Gasteiger partial charge on any atom is -0.480 e. The molecule has 0 amide bonds. The van der Waals surface area contributed by atoms with Gasteiger partial charge in [-0.25, -0.2) is 13.1 Å². The van der Waals surface area contributed by atoms with Crippen LogP contribution >= 0.6 is 11.6 Å². The van der Waals surface area contributed by atoms with Crippen LogP contribution in [-0.2, 0) is 14.8 Å². The average Bonchev–Trinajstić information content (AvgIpc) is 2.79. The number of hydrogen-bond donors (Lipinski definition) is 2. The Labute approximate surface area is 119 Å². The molecule has 0 saturated carbocycles. The Morgan fingerprint density at radius 3 is 2.75 bits per heavy atom. The summed E-state index contributed by atoms with van der Waals surface area (Å²) in [6, 6.07) is 6.25. The standard InChI is InChI=1S/C11H10ClN3O4S/c12-8-3-1-4-9(11(8)15-6-2-5-13-15)14-20(18,19)7-10(16)17/h1-6,14H,7H2,(H,16,17). The highest BCUT2D eigenvalue weighted by Crippen LogP contribution is 2.28. The number of benzene rings is 1. The van der Waals surface area contributed by atoms with E-state index < -0.39 is 21.7 Å². The fraction of sp³-hybridized carbons (Fsp3) is 0.0909. The number of halogens is 1. The zero-order chi connectivity index (χ0) is 14.8. The van der Waals surface area contributed by atoms with Gasteiger partial charge in [0.2, 0.25) is 10.0 Å². The van der Waals surface area contributed by atoms with Crippen molar-refractivity contribution >= 4 is 33.3 Å². The van der Waals surface area contributed by atoms with Gasteiger partial charge in [0.15, 0.2) is 5.75 Å². The van der Waals surface area contributed by atoms with Crippen LogP contribution in [0, 0.1) is 0 Å². The van der Waals surface area contributed by atoms with E-state index in [1.807, 2.05) is 0 Å². The number of nitrogens with zero attached hydrogens (tertiary/aromatic N) is 2. The fourth-order valence-corrected chi connectivity index (χ4v) is 2.76. The normalized spacial score (nSPS) is 11.2. The van der Waals surface area contributed by atoms with Crippen LogP contribution in [0.15, 0.2) is 36.7 Å². The van der Waals surface area contributed by atoms with Crippen molar-refractivity contribution in [2.45, 2.75) is 0 Å². The Hall–Kier alpha value is -2.06. The second-order valence-electron chi connectivity index (χ2n) is 3.84. The number of para-hydroxylation sites is 1. The molecule has 0 aliphatic rings. The molecule has 9 heteroatoms. The SMILES string of the molecule is O=C(O)CS(=O)(=O)Nc1cccc(Cl)c1-n1cccn1. The zero-order valence-corrected chi connectivity index (χ0v) is 11.6. The van der Waals surface area contributed by atoms with Gasteiger partial charge in [0.05, 0.1) is 10.7 Å². The zero-order valence-electron chi connectivity index (χ0n) is 10.0. The van der Waals surface area contributed by atoms with E-state index in [1.165, 1.54) is 16.9 Å². The summed E-state index contributed by atoms with van der Waals surface area (Å²) in [5.74, 6) is -2.47. The molecule has 1 aromatic carbocycles. The van der Waals surface area contributed by atoms with Crippen molar-refractivity contribution < 1.29 is 18.3 Å². The third kappa shape index (κ3) is 3.28. The summed E-state index contributed by atoms with van der Waals surface area (Å²) in [4.78, 5) is 10.5. The molecular formula is C11H10ClN3O4S. The van der Waals surface area contributed by atoms with Crippen LogP contribution in [0.2, 0.25) is 5.02 Å². The van der Waals surface area contributed by atoms with Gasteiger partial charge in [0, 0.05) is 12.4 Å². The second kappa shape index (κ2) is 5.51. The lowest BCUT2D eigenvalue weighted by molar-refractivity contribution is -0.134. The van der Waals surface area contributed by atoms with Gasteiger partial charge in [-0.15, -0.1) is 0 Å². The lowest BCUT2D eigenvalue weighted by atomic mass is 10.3. The number of carboxylic acid groups (broad SMARTS) is 1. The molecule has 0 radical (unpaired) electrons. The summed E-state index contributed by atoms with van der Waals surface area (Å²) in [6.07, 6.45) is 3.11. The molecule has 0 unspecified atom stereocenters. The van der Waals surface area contributed by atoms with E-state index in [-0.39, 0.29) is 10.7 Å². The Kier molecular flexibility index (Phi) is 3.96. The van der Waals surface area contributed by atoms with Gasteiger partial charge in [-0.1, -0.05) is 17.7 Å². The first-order valence-corrected chi connectivity index (χ1v) is 7.43. The highest BCUT2D eigenvalue weighted by atomic mass is 35.5. The van der Waals surface area contributed by atoms with E-state index in [2.05, 4.69) is 9.82 Å². The molecule has 106 valence electrons. The van der Waals surface area contributed by atoms with Crippen LogP contribution < -0.4 is 4.72 Å². The van der Waals surface area contributed by atoms with E-state index in [9.17, 15) is 13.2 Å². The molecule has 0 atom stereocenters. The van der Waals surface area contributed by atoms with E-state index in [4.69, 9.17) is 16.7 Å². The molecule has 0 aliphatic carbocycles. The van der Waals surface area contributed by atoms with Crippen LogP contribution in [0.4, 0.5) is 5.69 Å². The number of carbonyl (C=O) groups is 1. The maximum absolute atomic E-state index is 11.7. The summed E-state index contributed by atoms with van der Waals surface area (Å²) in [5.41, 5.74) is 0.482. The van der Waals surface area contributed by atoms with Gasteiger partial charge in [-0.3, -0.25) is 9.52 Å². The lowest BCUT2D eigenvalue weighted by Gasteiger charge is -2.13.